The topological polar surface area (TPSA) is 29.1 Å². The molecule has 1 N–H and O–H groups in total. The van der Waals surface area contributed by atoms with Crippen molar-refractivity contribution >= 4 is 11.6 Å². The average molecular weight is 261 g/mol. The van der Waals surface area contributed by atoms with Gasteiger partial charge in [-0.3, -0.25) is 4.79 Å². The molecule has 2 aromatic rings. The molecule has 0 aromatic heterocycles. The van der Waals surface area contributed by atoms with Gasteiger partial charge in [0.1, 0.15) is 11.6 Å². The molecule has 19 heavy (non-hydrogen) atoms. The van der Waals surface area contributed by atoms with Gasteiger partial charge in [-0.1, -0.05) is 6.07 Å². The van der Waals surface area contributed by atoms with E-state index in [0.29, 0.717) is 16.8 Å². The lowest BCUT2D eigenvalue weighted by molar-refractivity contribution is 0.102. The fraction of sp³-hybridized carbons (Fsp3) is 0.133. The Morgan fingerprint density at radius 3 is 2.37 bits per heavy atom. The molecule has 0 aliphatic rings. The third kappa shape index (κ3) is 2.96. The van der Waals surface area contributed by atoms with Gasteiger partial charge in [0.15, 0.2) is 0 Å². The first-order valence-electron chi connectivity index (χ1n) is 5.81. The molecule has 0 saturated carbocycles. The molecule has 0 heterocycles. The summed E-state index contributed by atoms with van der Waals surface area (Å²) in [6.07, 6.45) is 0. The highest BCUT2D eigenvalue weighted by atomic mass is 19.1. The quantitative estimate of drug-likeness (QED) is 0.874. The van der Waals surface area contributed by atoms with Gasteiger partial charge < -0.3 is 5.32 Å². The van der Waals surface area contributed by atoms with Crippen LogP contribution in [0.2, 0.25) is 0 Å². The molecule has 2 nitrogen and oxygen atoms in total. The zero-order valence-corrected chi connectivity index (χ0v) is 10.6. The number of anilines is 1. The van der Waals surface area contributed by atoms with Gasteiger partial charge in [0.25, 0.3) is 5.91 Å². The van der Waals surface area contributed by atoms with Gasteiger partial charge in [-0.05, 0) is 55.3 Å². The van der Waals surface area contributed by atoms with Gasteiger partial charge in [0, 0.05) is 11.3 Å². The Kier molecular flexibility index (Phi) is 3.60. The van der Waals surface area contributed by atoms with Crippen LogP contribution < -0.4 is 5.32 Å². The van der Waals surface area contributed by atoms with Crippen LogP contribution in [0.4, 0.5) is 14.5 Å². The van der Waals surface area contributed by atoms with Crippen molar-refractivity contribution in [1.29, 1.82) is 0 Å². The molecule has 0 unspecified atom stereocenters. The minimum Gasteiger partial charge on any atom is -0.322 e. The fourth-order valence-corrected chi connectivity index (χ4v) is 1.70. The van der Waals surface area contributed by atoms with E-state index in [-0.39, 0.29) is 11.4 Å². The molecule has 98 valence electrons. The van der Waals surface area contributed by atoms with Gasteiger partial charge in [-0.25, -0.2) is 8.78 Å². The number of rotatable bonds is 2. The normalized spacial score (nSPS) is 10.3. The van der Waals surface area contributed by atoms with Crippen LogP contribution in [-0.4, -0.2) is 5.91 Å². The van der Waals surface area contributed by atoms with Crippen molar-refractivity contribution in [1.82, 2.24) is 0 Å². The predicted octanol–water partition coefficient (Wildman–Crippen LogP) is 3.83. The molecule has 2 aromatic carbocycles. The van der Waals surface area contributed by atoms with Crippen molar-refractivity contribution in [3.05, 3.63) is 64.7 Å². The van der Waals surface area contributed by atoms with E-state index >= 15 is 0 Å². The largest absolute Gasteiger partial charge is 0.322 e. The van der Waals surface area contributed by atoms with Crippen molar-refractivity contribution in [2.45, 2.75) is 13.8 Å². The van der Waals surface area contributed by atoms with E-state index in [1.807, 2.05) is 0 Å². The highest BCUT2D eigenvalue weighted by Crippen LogP contribution is 2.17. The second-order valence-electron chi connectivity index (χ2n) is 4.38. The van der Waals surface area contributed by atoms with E-state index in [0.717, 1.165) is 0 Å². The maximum Gasteiger partial charge on any atom is 0.255 e. The summed E-state index contributed by atoms with van der Waals surface area (Å²) in [7, 11) is 0. The Morgan fingerprint density at radius 1 is 1.00 bits per heavy atom. The molecule has 0 aliphatic carbocycles. The summed E-state index contributed by atoms with van der Waals surface area (Å²) in [5, 5.41) is 2.63. The van der Waals surface area contributed by atoms with Gasteiger partial charge >= 0.3 is 0 Å². The van der Waals surface area contributed by atoms with Gasteiger partial charge in [0.05, 0.1) is 0 Å². The molecule has 0 spiro atoms. The number of aryl methyl sites for hydroxylation is 2. The van der Waals surface area contributed by atoms with Crippen LogP contribution in [0.1, 0.15) is 21.5 Å². The summed E-state index contributed by atoms with van der Waals surface area (Å²) in [5.41, 5.74) is 1.83. The van der Waals surface area contributed by atoms with E-state index in [1.165, 1.54) is 24.3 Å². The Morgan fingerprint density at radius 2 is 1.74 bits per heavy atom. The van der Waals surface area contributed by atoms with Crippen LogP contribution in [0.5, 0.6) is 0 Å². The maximum atomic E-state index is 13.4. The minimum atomic E-state index is -0.427. The van der Waals surface area contributed by atoms with Crippen molar-refractivity contribution in [3.8, 4) is 0 Å². The van der Waals surface area contributed by atoms with Crippen LogP contribution in [0, 0.1) is 25.5 Å². The number of nitrogens with one attached hydrogen (secondary N) is 1. The molecule has 0 bridgehead atoms. The van der Waals surface area contributed by atoms with Crippen LogP contribution >= 0.6 is 0 Å². The Labute approximate surface area is 110 Å². The lowest BCUT2D eigenvalue weighted by atomic mass is 10.1. The molecule has 0 atom stereocenters. The van der Waals surface area contributed by atoms with Gasteiger partial charge in [-0.2, -0.15) is 0 Å². The molecule has 0 aliphatic heterocycles. The molecule has 0 fully saturated rings. The lowest BCUT2D eigenvalue weighted by Crippen LogP contribution is -2.13. The third-order valence-electron chi connectivity index (χ3n) is 2.87. The van der Waals surface area contributed by atoms with E-state index in [1.54, 1.807) is 26.0 Å². The van der Waals surface area contributed by atoms with E-state index < -0.39 is 11.7 Å². The van der Waals surface area contributed by atoms with E-state index in [2.05, 4.69) is 5.32 Å². The smallest absolute Gasteiger partial charge is 0.255 e. The summed E-state index contributed by atoms with van der Waals surface area (Å²) in [6, 6.07) is 8.34. The van der Waals surface area contributed by atoms with E-state index in [9.17, 15) is 13.6 Å². The average Bonchev–Trinajstić information content (AvgIpc) is 2.36. The number of carbonyl (C=O) groups excluding carboxylic acids is 1. The van der Waals surface area contributed by atoms with Crippen molar-refractivity contribution in [2.24, 2.45) is 0 Å². The Hall–Kier alpha value is -2.23. The number of amides is 1. The van der Waals surface area contributed by atoms with Gasteiger partial charge in [0.2, 0.25) is 0 Å². The minimum absolute atomic E-state index is 0.229. The first-order chi connectivity index (χ1) is 8.97. The highest BCUT2D eigenvalue weighted by molar-refractivity contribution is 6.04. The predicted molar refractivity (Wildman–Crippen MR) is 70.2 cm³/mol. The Balaban J connectivity index is 2.23. The number of hydrogen-bond acceptors (Lipinski definition) is 1. The summed E-state index contributed by atoms with van der Waals surface area (Å²) < 4.78 is 26.3. The van der Waals surface area contributed by atoms with Crippen molar-refractivity contribution < 1.29 is 13.6 Å². The summed E-state index contributed by atoms with van der Waals surface area (Å²) in [6.45, 7) is 3.32. The lowest BCUT2D eigenvalue weighted by Gasteiger charge is -2.09. The molecular formula is C15H13F2NO. The number of carbonyl (C=O) groups is 1. The zero-order valence-electron chi connectivity index (χ0n) is 10.6. The van der Waals surface area contributed by atoms with Crippen molar-refractivity contribution in [2.75, 3.05) is 5.32 Å². The number of benzene rings is 2. The molecule has 0 saturated heterocycles. The monoisotopic (exact) mass is 261 g/mol. The first-order valence-corrected chi connectivity index (χ1v) is 5.81. The standard InChI is InChI=1S/C15H13F2NO/c1-9-3-4-11(8-13(9)17)15(19)18-14-6-5-12(16)7-10(14)2/h3-8H,1-2H3,(H,18,19). The maximum absolute atomic E-state index is 13.4. The summed E-state index contributed by atoms with van der Waals surface area (Å²) in [4.78, 5) is 11.9. The number of hydrogen-bond donors (Lipinski definition) is 1. The van der Waals surface area contributed by atoms with Crippen LogP contribution in [0.15, 0.2) is 36.4 Å². The third-order valence-corrected chi connectivity index (χ3v) is 2.87. The molecule has 2 rings (SSSR count). The van der Waals surface area contributed by atoms with Crippen LogP contribution in [0.25, 0.3) is 0 Å². The first kappa shape index (κ1) is 13.2. The van der Waals surface area contributed by atoms with Crippen LogP contribution in [0.3, 0.4) is 0 Å². The SMILES string of the molecule is Cc1ccc(C(=O)Nc2ccc(F)cc2C)cc1F. The molecule has 0 radical (unpaired) electrons. The highest BCUT2D eigenvalue weighted by Gasteiger charge is 2.10. The second-order valence-corrected chi connectivity index (χ2v) is 4.38. The summed E-state index contributed by atoms with van der Waals surface area (Å²) in [5.74, 6) is -1.21. The molecule has 1 amide bonds. The van der Waals surface area contributed by atoms with Crippen molar-refractivity contribution in [3.63, 3.8) is 0 Å². The Bertz CT molecular complexity index is 638. The van der Waals surface area contributed by atoms with E-state index in [4.69, 9.17) is 0 Å². The van der Waals surface area contributed by atoms with Gasteiger partial charge in [-0.15, -0.1) is 0 Å². The fourth-order valence-electron chi connectivity index (χ4n) is 1.70. The van der Waals surface area contributed by atoms with Crippen LogP contribution in [-0.2, 0) is 0 Å². The molecular weight excluding hydrogens is 248 g/mol. The second kappa shape index (κ2) is 5.18. The molecule has 4 heteroatoms. The number of halogens is 2. The summed E-state index contributed by atoms with van der Waals surface area (Å²) >= 11 is 0. The zero-order chi connectivity index (χ0) is 14.0.